The highest BCUT2D eigenvalue weighted by molar-refractivity contribution is 6.44. The fourth-order valence-electron chi connectivity index (χ4n) is 2.83. The molecule has 1 aliphatic rings. The number of carbonyl (C=O) groups excluding carboxylic acids is 4. The van der Waals surface area contributed by atoms with E-state index in [1.165, 1.54) is 0 Å². The van der Waals surface area contributed by atoms with Crippen molar-refractivity contribution in [3.05, 3.63) is 70.7 Å². The molecule has 7 nitrogen and oxygen atoms in total. The second kappa shape index (κ2) is 8.67. The Kier molecular flexibility index (Phi) is 6.06. The number of imide groups is 2. The normalized spacial score (nSPS) is 14.0. The molecule has 5 amide bonds. The Balaban J connectivity index is 1.54. The van der Waals surface area contributed by atoms with Crippen molar-refractivity contribution in [1.82, 2.24) is 15.1 Å². The molecule has 144 valence electrons. The first-order valence-corrected chi connectivity index (χ1v) is 9.06. The fraction of sp³-hybridized carbons (Fsp3) is 0.200. The van der Waals surface area contributed by atoms with Crippen LogP contribution in [-0.4, -0.2) is 46.6 Å². The molecule has 0 aliphatic carbocycles. The van der Waals surface area contributed by atoms with Crippen LogP contribution < -0.4 is 5.32 Å². The van der Waals surface area contributed by atoms with E-state index < -0.39 is 30.3 Å². The smallest absolute Gasteiger partial charge is 0.335 e. The van der Waals surface area contributed by atoms with Gasteiger partial charge in [0.05, 0.1) is 6.54 Å². The first-order chi connectivity index (χ1) is 13.5. The first-order valence-electron chi connectivity index (χ1n) is 8.68. The van der Waals surface area contributed by atoms with Gasteiger partial charge < -0.3 is 5.32 Å². The molecular formula is C20H18ClN3O4. The maximum absolute atomic E-state index is 12.4. The maximum atomic E-state index is 12.4. The van der Waals surface area contributed by atoms with Crippen LogP contribution >= 0.6 is 11.6 Å². The molecule has 1 saturated heterocycles. The van der Waals surface area contributed by atoms with E-state index in [1.807, 2.05) is 18.2 Å². The minimum absolute atomic E-state index is 0.0167. The monoisotopic (exact) mass is 399 g/mol. The zero-order valence-electron chi connectivity index (χ0n) is 14.9. The van der Waals surface area contributed by atoms with Crippen molar-refractivity contribution in [3.8, 4) is 0 Å². The second-order valence-electron chi connectivity index (χ2n) is 6.28. The van der Waals surface area contributed by atoms with Crippen LogP contribution in [0.15, 0.2) is 54.6 Å². The van der Waals surface area contributed by atoms with Gasteiger partial charge in [0.15, 0.2) is 0 Å². The Bertz CT molecular complexity index is 917. The predicted molar refractivity (Wildman–Crippen MR) is 102 cm³/mol. The number of carbonyl (C=O) groups is 4. The number of hydrogen-bond donors (Lipinski definition) is 1. The Morgan fingerprint density at radius 3 is 2.29 bits per heavy atom. The van der Waals surface area contributed by atoms with E-state index in [4.69, 9.17) is 11.6 Å². The SMILES string of the molecule is O=C(CN1C(=O)C(=O)N(Cc2ccccc2)C1=O)NCCc1cccc(Cl)c1. The van der Waals surface area contributed by atoms with Crippen molar-refractivity contribution in [2.75, 3.05) is 13.1 Å². The number of nitrogens with one attached hydrogen (secondary N) is 1. The van der Waals surface area contributed by atoms with E-state index in [1.54, 1.807) is 36.4 Å². The summed E-state index contributed by atoms with van der Waals surface area (Å²) >= 11 is 5.91. The van der Waals surface area contributed by atoms with Crippen molar-refractivity contribution in [2.24, 2.45) is 0 Å². The average molecular weight is 400 g/mol. The number of benzene rings is 2. The van der Waals surface area contributed by atoms with Gasteiger partial charge in [-0.3, -0.25) is 19.3 Å². The second-order valence-corrected chi connectivity index (χ2v) is 6.72. The molecule has 0 aromatic heterocycles. The van der Waals surface area contributed by atoms with E-state index in [0.717, 1.165) is 10.5 Å². The van der Waals surface area contributed by atoms with Gasteiger partial charge in [-0.05, 0) is 29.7 Å². The summed E-state index contributed by atoms with van der Waals surface area (Å²) in [6.07, 6.45) is 0.549. The van der Waals surface area contributed by atoms with Gasteiger partial charge in [-0.2, -0.15) is 0 Å². The van der Waals surface area contributed by atoms with E-state index >= 15 is 0 Å². The van der Waals surface area contributed by atoms with Gasteiger partial charge in [0, 0.05) is 11.6 Å². The Labute approximate surface area is 166 Å². The lowest BCUT2D eigenvalue weighted by molar-refractivity contribution is -0.144. The molecule has 0 atom stereocenters. The van der Waals surface area contributed by atoms with Crippen molar-refractivity contribution in [1.29, 1.82) is 0 Å². The largest absolute Gasteiger partial charge is 0.354 e. The van der Waals surface area contributed by atoms with E-state index in [2.05, 4.69) is 5.32 Å². The summed E-state index contributed by atoms with van der Waals surface area (Å²) in [5.41, 5.74) is 1.66. The molecule has 0 bridgehead atoms. The molecule has 2 aromatic rings. The first kappa shape index (κ1) is 19.6. The predicted octanol–water partition coefficient (Wildman–Crippen LogP) is 1.99. The molecular weight excluding hydrogens is 382 g/mol. The highest BCUT2D eigenvalue weighted by Gasteiger charge is 2.45. The van der Waals surface area contributed by atoms with Crippen LogP contribution in [0.3, 0.4) is 0 Å². The molecule has 8 heteroatoms. The number of amides is 5. The molecule has 1 fully saturated rings. The van der Waals surface area contributed by atoms with Crippen LogP contribution in [0.4, 0.5) is 4.79 Å². The third kappa shape index (κ3) is 4.55. The maximum Gasteiger partial charge on any atom is 0.335 e. The molecule has 0 radical (unpaired) electrons. The number of hydrogen-bond acceptors (Lipinski definition) is 4. The van der Waals surface area contributed by atoms with E-state index in [9.17, 15) is 19.2 Å². The van der Waals surface area contributed by atoms with Crippen LogP contribution in [0.25, 0.3) is 0 Å². The van der Waals surface area contributed by atoms with Crippen LogP contribution in [0.2, 0.25) is 5.02 Å². The third-order valence-electron chi connectivity index (χ3n) is 4.25. The Morgan fingerprint density at radius 1 is 0.893 bits per heavy atom. The Morgan fingerprint density at radius 2 is 1.57 bits per heavy atom. The summed E-state index contributed by atoms with van der Waals surface area (Å²) in [5, 5.41) is 3.25. The number of nitrogens with zero attached hydrogens (tertiary/aromatic N) is 2. The van der Waals surface area contributed by atoms with Crippen molar-refractivity contribution in [2.45, 2.75) is 13.0 Å². The van der Waals surface area contributed by atoms with Gasteiger partial charge in [-0.25, -0.2) is 9.69 Å². The Hall–Kier alpha value is -3.19. The molecule has 3 rings (SSSR count). The summed E-state index contributed by atoms with van der Waals surface area (Å²) in [4.78, 5) is 50.2. The van der Waals surface area contributed by atoms with Gasteiger partial charge in [0.25, 0.3) is 0 Å². The topological polar surface area (TPSA) is 86.8 Å². The summed E-state index contributed by atoms with van der Waals surface area (Å²) in [6, 6.07) is 15.3. The van der Waals surface area contributed by atoms with Crippen molar-refractivity contribution >= 4 is 35.4 Å². The third-order valence-corrected chi connectivity index (χ3v) is 4.48. The fourth-order valence-corrected chi connectivity index (χ4v) is 3.05. The highest BCUT2D eigenvalue weighted by Crippen LogP contribution is 2.16. The van der Waals surface area contributed by atoms with Gasteiger partial charge in [-0.1, -0.05) is 54.1 Å². The standard InChI is InChI=1S/C20H18ClN3O4/c21-16-8-4-7-14(11-16)9-10-22-17(25)13-24-19(27)18(26)23(20(24)28)12-15-5-2-1-3-6-15/h1-8,11H,9-10,12-13H2,(H,22,25). The number of halogens is 1. The highest BCUT2D eigenvalue weighted by atomic mass is 35.5. The van der Waals surface area contributed by atoms with Gasteiger partial charge in [-0.15, -0.1) is 0 Å². The van der Waals surface area contributed by atoms with E-state index in [-0.39, 0.29) is 6.54 Å². The number of rotatable bonds is 7. The van der Waals surface area contributed by atoms with Crippen LogP contribution in [-0.2, 0) is 27.3 Å². The summed E-state index contributed by atoms with van der Waals surface area (Å²) in [5.74, 6) is -2.44. The summed E-state index contributed by atoms with van der Waals surface area (Å²) in [7, 11) is 0. The minimum Gasteiger partial charge on any atom is -0.354 e. The molecule has 1 heterocycles. The van der Waals surface area contributed by atoms with Crippen LogP contribution in [0.1, 0.15) is 11.1 Å². The lowest BCUT2D eigenvalue weighted by Crippen LogP contribution is -2.41. The van der Waals surface area contributed by atoms with Crippen molar-refractivity contribution < 1.29 is 19.2 Å². The molecule has 0 unspecified atom stereocenters. The average Bonchev–Trinajstić information content (AvgIpc) is 2.87. The lowest BCUT2D eigenvalue weighted by atomic mass is 10.1. The van der Waals surface area contributed by atoms with Gasteiger partial charge in [0.2, 0.25) is 5.91 Å². The minimum atomic E-state index is -0.995. The number of urea groups is 1. The van der Waals surface area contributed by atoms with Crippen LogP contribution in [0.5, 0.6) is 0 Å². The molecule has 1 N–H and O–H groups in total. The zero-order chi connectivity index (χ0) is 20.1. The lowest BCUT2D eigenvalue weighted by Gasteiger charge is -2.15. The van der Waals surface area contributed by atoms with E-state index in [0.29, 0.717) is 28.5 Å². The summed E-state index contributed by atoms with van der Waals surface area (Å²) in [6.45, 7) is -0.196. The van der Waals surface area contributed by atoms with Gasteiger partial charge >= 0.3 is 17.8 Å². The quantitative estimate of drug-likeness (QED) is 0.569. The van der Waals surface area contributed by atoms with Crippen molar-refractivity contribution in [3.63, 3.8) is 0 Å². The summed E-state index contributed by atoms with van der Waals surface area (Å²) < 4.78 is 0. The molecule has 1 aliphatic heterocycles. The van der Waals surface area contributed by atoms with Gasteiger partial charge in [0.1, 0.15) is 6.54 Å². The zero-order valence-corrected chi connectivity index (χ0v) is 15.7. The molecule has 0 saturated carbocycles. The van der Waals surface area contributed by atoms with Crippen LogP contribution in [0, 0.1) is 0 Å². The molecule has 2 aromatic carbocycles. The molecule has 0 spiro atoms. The molecule has 28 heavy (non-hydrogen) atoms.